The summed E-state index contributed by atoms with van der Waals surface area (Å²) in [6, 6.07) is 7.33. The molecule has 1 fully saturated rings. The van der Waals surface area contributed by atoms with Gasteiger partial charge in [-0.05, 0) is 62.3 Å². The van der Waals surface area contributed by atoms with Crippen molar-refractivity contribution >= 4 is 0 Å². The van der Waals surface area contributed by atoms with E-state index in [0.717, 1.165) is 5.92 Å². The molecule has 0 saturated carbocycles. The first-order valence-electron chi connectivity index (χ1n) is 6.99. The molecule has 1 heterocycles. The van der Waals surface area contributed by atoms with Gasteiger partial charge in [-0.15, -0.1) is 0 Å². The summed E-state index contributed by atoms with van der Waals surface area (Å²) >= 11 is 0. The van der Waals surface area contributed by atoms with Gasteiger partial charge in [0.2, 0.25) is 0 Å². The molecule has 94 valence electrons. The van der Waals surface area contributed by atoms with Crippen LogP contribution in [0.15, 0.2) is 18.2 Å². The number of piperidine rings is 1. The van der Waals surface area contributed by atoms with Crippen molar-refractivity contribution in [3.8, 4) is 0 Å². The van der Waals surface area contributed by atoms with E-state index in [1.54, 1.807) is 5.56 Å². The lowest BCUT2D eigenvalue weighted by atomic mass is 9.86. The number of nitrogens with one attached hydrogen (secondary N) is 1. The molecule has 1 heteroatoms. The largest absolute Gasteiger partial charge is 0.314 e. The molecule has 0 spiro atoms. The molecule has 17 heavy (non-hydrogen) atoms. The van der Waals surface area contributed by atoms with Gasteiger partial charge >= 0.3 is 0 Å². The number of benzene rings is 1. The highest BCUT2D eigenvalue weighted by Crippen LogP contribution is 2.23. The van der Waals surface area contributed by atoms with Gasteiger partial charge in [-0.1, -0.05) is 31.5 Å². The molecule has 1 aromatic rings. The maximum Gasteiger partial charge on any atom is 0.0110 e. The summed E-state index contributed by atoms with van der Waals surface area (Å²) in [5, 5.41) is 3.69. The van der Waals surface area contributed by atoms with Crippen LogP contribution in [-0.4, -0.2) is 12.6 Å². The summed E-state index contributed by atoms with van der Waals surface area (Å²) in [7, 11) is 0. The molecule has 1 N–H and O–H groups in total. The second-order valence-corrected chi connectivity index (χ2v) is 5.52. The van der Waals surface area contributed by atoms with Crippen molar-refractivity contribution in [2.75, 3.05) is 6.54 Å². The van der Waals surface area contributed by atoms with Gasteiger partial charge < -0.3 is 5.32 Å². The Morgan fingerprint density at radius 3 is 2.59 bits per heavy atom. The summed E-state index contributed by atoms with van der Waals surface area (Å²) in [6.07, 6.45) is 5.25. The Hall–Kier alpha value is -0.820. The highest BCUT2D eigenvalue weighted by atomic mass is 14.9. The van der Waals surface area contributed by atoms with Gasteiger partial charge in [0, 0.05) is 6.04 Å². The van der Waals surface area contributed by atoms with Crippen molar-refractivity contribution in [2.45, 2.75) is 52.5 Å². The van der Waals surface area contributed by atoms with Crippen LogP contribution in [0.3, 0.4) is 0 Å². The van der Waals surface area contributed by atoms with E-state index in [4.69, 9.17) is 0 Å². The van der Waals surface area contributed by atoms with Gasteiger partial charge in [-0.2, -0.15) is 0 Å². The van der Waals surface area contributed by atoms with Gasteiger partial charge in [0.05, 0.1) is 0 Å². The molecule has 0 bridgehead atoms. The Morgan fingerprint density at radius 2 is 1.94 bits per heavy atom. The minimum atomic E-state index is 0.688. The standard InChI is InChI=1S/C16H25N/c1-4-14-8-9-17-15(10-14)11-16-12(2)6-5-7-13(16)3/h5-7,14-15,17H,4,8-11H2,1-3H3. The van der Waals surface area contributed by atoms with Crippen LogP contribution in [0.5, 0.6) is 0 Å². The van der Waals surface area contributed by atoms with E-state index in [0.29, 0.717) is 6.04 Å². The normalized spacial score (nSPS) is 24.9. The van der Waals surface area contributed by atoms with Crippen LogP contribution in [0.2, 0.25) is 0 Å². The van der Waals surface area contributed by atoms with E-state index in [9.17, 15) is 0 Å². The lowest BCUT2D eigenvalue weighted by Gasteiger charge is -2.30. The van der Waals surface area contributed by atoms with E-state index < -0.39 is 0 Å². The first-order chi connectivity index (χ1) is 8.20. The minimum Gasteiger partial charge on any atom is -0.314 e. The third-order valence-corrected chi connectivity index (χ3v) is 4.28. The fourth-order valence-electron chi connectivity index (χ4n) is 3.04. The van der Waals surface area contributed by atoms with E-state index in [1.165, 1.54) is 43.4 Å². The predicted molar refractivity (Wildman–Crippen MR) is 74.4 cm³/mol. The van der Waals surface area contributed by atoms with Crippen LogP contribution < -0.4 is 5.32 Å². The molecule has 2 unspecified atom stereocenters. The van der Waals surface area contributed by atoms with Crippen LogP contribution >= 0.6 is 0 Å². The number of rotatable bonds is 3. The molecule has 2 atom stereocenters. The fourth-order valence-corrected chi connectivity index (χ4v) is 3.04. The molecule has 1 nitrogen and oxygen atoms in total. The molecular formula is C16H25N. The number of hydrogen-bond acceptors (Lipinski definition) is 1. The Labute approximate surface area is 106 Å². The quantitative estimate of drug-likeness (QED) is 0.837. The van der Waals surface area contributed by atoms with Crippen LogP contribution in [0.1, 0.15) is 42.9 Å². The highest BCUT2D eigenvalue weighted by molar-refractivity contribution is 5.34. The van der Waals surface area contributed by atoms with Crippen LogP contribution in [0.4, 0.5) is 0 Å². The van der Waals surface area contributed by atoms with Gasteiger partial charge in [-0.25, -0.2) is 0 Å². The molecular weight excluding hydrogens is 206 g/mol. The zero-order valence-electron chi connectivity index (χ0n) is 11.4. The van der Waals surface area contributed by atoms with Crippen molar-refractivity contribution in [2.24, 2.45) is 5.92 Å². The molecule has 2 rings (SSSR count). The van der Waals surface area contributed by atoms with E-state index in [2.05, 4.69) is 44.3 Å². The van der Waals surface area contributed by atoms with Gasteiger partial charge in [0.1, 0.15) is 0 Å². The van der Waals surface area contributed by atoms with Crippen molar-refractivity contribution < 1.29 is 0 Å². The predicted octanol–water partition coefficient (Wildman–Crippen LogP) is 3.62. The maximum absolute atomic E-state index is 3.69. The number of hydrogen-bond donors (Lipinski definition) is 1. The molecule has 0 amide bonds. The van der Waals surface area contributed by atoms with Crippen molar-refractivity contribution in [1.82, 2.24) is 5.32 Å². The average molecular weight is 231 g/mol. The smallest absolute Gasteiger partial charge is 0.0110 e. The Morgan fingerprint density at radius 1 is 1.24 bits per heavy atom. The second kappa shape index (κ2) is 5.68. The molecule has 1 aromatic carbocycles. The molecule has 0 aromatic heterocycles. The summed E-state index contributed by atoms with van der Waals surface area (Å²) in [5.41, 5.74) is 4.46. The van der Waals surface area contributed by atoms with Crippen LogP contribution in [-0.2, 0) is 6.42 Å². The third-order valence-electron chi connectivity index (χ3n) is 4.28. The Balaban J connectivity index is 2.05. The van der Waals surface area contributed by atoms with Crippen molar-refractivity contribution in [3.63, 3.8) is 0 Å². The summed E-state index contributed by atoms with van der Waals surface area (Å²) in [6.45, 7) is 8.01. The van der Waals surface area contributed by atoms with Gasteiger partial charge in [0.15, 0.2) is 0 Å². The topological polar surface area (TPSA) is 12.0 Å². The Kier molecular flexibility index (Phi) is 4.22. The highest BCUT2D eigenvalue weighted by Gasteiger charge is 2.21. The minimum absolute atomic E-state index is 0.688. The van der Waals surface area contributed by atoms with E-state index in [1.807, 2.05) is 0 Å². The van der Waals surface area contributed by atoms with Crippen molar-refractivity contribution in [3.05, 3.63) is 34.9 Å². The van der Waals surface area contributed by atoms with Gasteiger partial charge in [0.25, 0.3) is 0 Å². The maximum atomic E-state index is 3.69. The fraction of sp³-hybridized carbons (Fsp3) is 0.625. The molecule has 1 saturated heterocycles. The third kappa shape index (κ3) is 3.10. The SMILES string of the molecule is CCC1CCNC(Cc2c(C)cccc2C)C1. The lowest BCUT2D eigenvalue weighted by Crippen LogP contribution is -2.39. The van der Waals surface area contributed by atoms with Crippen LogP contribution in [0.25, 0.3) is 0 Å². The zero-order chi connectivity index (χ0) is 12.3. The Bertz CT molecular complexity index is 350. The summed E-state index contributed by atoms with van der Waals surface area (Å²) in [4.78, 5) is 0. The summed E-state index contributed by atoms with van der Waals surface area (Å²) in [5.74, 6) is 0.936. The number of aryl methyl sites for hydroxylation is 2. The average Bonchev–Trinajstić information content (AvgIpc) is 2.34. The molecule has 0 radical (unpaired) electrons. The van der Waals surface area contributed by atoms with Crippen LogP contribution in [0, 0.1) is 19.8 Å². The van der Waals surface area contributed by atoms with E-state index in [-0.39, 0.29) is 0 Å². The zero-order valence-corrected chi connectivity index (χ0v) is 11.4. The first-order valence-corrected chi connectivity index (χ1v) is 6.99. The lowest BCUT2D eigenvalue weighted by molar-refractivity contribution is 0.293. The molecule has 1 aliphatic rings. The first kappa shape index (κ1) is 12.6. The molecule has 1 aliphatic heterocycles. The van der Waals surface area contributed by atoms with Gasteiger partial charge in [-0.3, -0.25) is 0 Å². The van der Waals surface area contributed by atoms with E-state index >= 15 is 0 Å². The van der Waals surface area contributed by atoms with Crippen molar-refractivity contribution in [1.29, 1.82) is 0 Å². The monoisotopic (exact) mass is 231 g/mol. The second-order valence-electron chi connectivity index (χ2n) is 5.52. The summed E-state index contributed by atoms with van der Waals surface area (Å²) < 4.78 is 0. The molecule has 0 aliphatic carbocycles.